The van der Waals surface area contributed by atoms with Crippen molar-refractivity contribution in [3.8, 4) is 0 Å². The number of hydrogen-bond acceptors (Lipinski definition) is 4. The molecule has 4 rings (SSSR count). The van der Waals surface area contributed by atoms with E-state index >= 15 is 0 Å². The Kier molecular flexibility index (Phi) is 3.48. The molecule has 0 unspecified atom stereocenters. The first kappa shape index (κ1) is 14.2. The number of rotatable bonds is 2. The normalized spacial score (nSPS) is 20.5. The van der Waals surface area contributed by atoms with Crippen molar-refractivity contribution in [2.45, 2.75) is 38.0 Å². The third-order valence-electron chi connectivity index (χ3n) is 4.85. The Bertz CT molecular complexity index is 794. The van der Waals surface area contributed by atoms with Crippen molar-refractivity contribution in [2.75, 3.05) is 13.1 Å². The number of nitrogens with zero attached hydrogens (tertiary/aromatic N) is 3. The monoisotopic (exact) mass is 313 g/mol. The Balaban J connectivity index is 1.55. The molecule has 1 aliphatic carbocycles. The van der Waals surface area contributed by atoms with Gasteiger partial charge in [-0.2, -0.15) is 5.10 Å². The summed E-state index contributed by atoms with van der Waals surface area (Å²) in [4.78, 5) is 32.5. The van der Waals surface area contributed by atoms with Gasteiger partial charge in [-0.15, -0.1) is 0 Å². The lowest BCUT2D eigenvalue weighted by Gasteiger charge is -2.32. The summed E-state index contributed by atoms with van der Waals surface area (Å²) < 4.78 is 0. The van der Waals surface area contributed by atoms with Gasteiger partial charge in [0, 0.05) is 42.2 Å². The first-order chi connectivity index (χ1) is 11.2. The molecule has 7 heteroatoms. The van der Waals surface area contributed by atoms with Crippen molar-refractivity contribution in [1.29, 1.82) is 0 Å². The van der Waals surface area contributed by atoms with Crippen molar-refractivity contribution >= 4 is 5.91 Å². The molecule has 0 saturated carbocycles. The zero-order valence-electron chi connectivity index (χ0n) is 12.8. The minimum absolute atomic E-state index is 0.00510. The highest BCUT2D eigenvalue weighted by molar-refractivity contribution is 5.94. The van der Waals surface area contributed by atoms with Crippen LogP contribution in [0.2, 0.25) is 0 Å². The summed E-state index contributed by atoms with van der Waals surface area (Å²) in [6.07, 6.45) is 6.41. The van der Waals surface area contributed by atoms with Crippen LogP contribution < -0.4 is 5.69 Å². The van der Waals surface area contributed by atoms with Crippen LogP contribution in [-0.4, -0.2) is 44.1 Å². The zero-order valence-corrected chi connectivity index (χ0v) is 12.8. The van der Waals surface area contributed by atoms with Crippen LogP contribution in [0, 0.1) is 0 Å². The minimum atomic E-state index is -0.337. The van der Waals surface area contributed by atoms with Gasteiger partial charge in [-0.1, -0.05) is 0 Å². The van der Waals surface area contributed by atoms with Crippen LogP contribution in [0.3, 0.4) is 0 Å². The van der Waals surface area contributed by atoms with E-state index < -0.39 is 0 Å². The van der Waals surface area contributed by atoms with Crippen molar-refractivity contribution in [3.05, 3.63) is 45.4 Å². The fourth-order valence-corrected chi connectivity index (χ4v) is 3.68. The van der Waals surface area contributed by atoms with E-state index in [1.165, 1.54) is 6.20 Å². The molecule has 2 aromatic heterocycles. The minimum Gasteiger partial charge on any atom is -0.337 e. The number of aromatic nitrogens is 4. The fourth-order valence-electron chi connectivity index (χ4n) is 3.68. The third kappa shape index (κ3) is 2.56. The third-order valence-corrected chi connectivity index (χ3v) is 4.85. The topological polar surface area (TPSA) is 94.7 Å². The Morgan fingerprint density at radius 3 is 3.09 bits per heavy atom. The number of nitrogens with one attached hydrogen (secondary N) is 2. The second kappa shape index (κ2) is 5.64. The largest absolute Gasteiger partial charge is 0.345 e. The van der Waals surface area contributed by atoms with Crippen molar-refractivity contribution in [1.82, 2.24) is 25.1 Å². The predicted octanol–water partition coefficient (Wildman–Crippen LogP) is 1.00. The molecule has 2 aromatic rings. The SMILES string of the molecule is O=C(c1n[nH]c2c1CCC2)N1CCC[C@H](c2ccnc(=O)[nH]2)C1. The molecule has 0 aromatic carbocycles. The molecule has 0 radical (unpaired) electrons. The van der Waals surface area contributed by atoms with Crippen LogP contribution in [0.25, 0.3) is 0 Å². The summed E-state index contributed by atoms with van der Waals surface area (Å²) >= 11 is 0. The van der Waals surface area contributed by atoms with Gasteiger partial charge in [-0.3, -0.25) is 9.89 Å². The molecule has 120 valence electrons. The molecule has 1 aliphatic heterocycles. The summed E-state index contributed by atoms with van der Waals surface area (Å²) in [7, 11) is 0. The number of amides is 1. The molecule has 0 spiro atoms. The second-order valence-corrected chi connectivity index (χ2v) is 6.30. The van der Waals surface area contributed by atoms with Gasteiger partial charge in [-0.05, 0) is 38.2 Å². The maximum atomic E-state index is 12.8. The van der Waals surface area contributed by atoms with Crippen LogP contribution in [-0.2, 0) is 12.8 Å². The van der Waals surface area contributed by atoms with E-state index in [0.717, 1.165) is 55.6 Å². The number of piperidine rings is 1. The van der Waals surface area contributed by atoms with E-state index in [1.807, 2.05) is 11.0 Å². The molecule has 1 atom stereocenters. The van der Waals surface area contributed by atoms with Gasteiger partial charge in [0.2, 0.25) is 0 Å². The molecule has 23 heavy (non-hydrogen) atoms. The number of aromatic amines is 2. The Hall–Kier alpha value is -2.44. The van der Waals surface area contributed by atoms with Gasteiger partial charge in [-0.25, -0.2) is 9.78 Å². The summed E-state index contributed by atoms with van der Waals surface area (Å²) in [5.74, 6) is 0.154. The second-order valence-electron chi connectivity index (χ2n) is 6.30. The van der Waals surface area contributed by atoms with E-state index in [0.29, 0.717) is 12.2 Å². The predicted molar refractivity (Wildman–Crippen MR) is 83.3 cm³/mol. The van der Waals surface area contributed by atoms with Gasteiger partial charge < -0.3 is 9.88 Å². The molecule has 1 saturated heterocycles. The van der Waals surface area contributed by atoms with Crippen LogP contribution in [0.4, 0.5) is 0 Å². The van der Waals surface area contributed by atoms with E-state index in [9.17, 15) is 9.59 Å². The number of carbonyl (C=O) groups is 1. The smallest absolute Gasteiger partial charge is 0.337 e. The summed E-state index contributed by atoms with van der Waals surface area (Å²) in [6, 6.07) is 1.83. The molecule has 2 N–H and O–H groups in total. The molecule has 1 fully saturated rings. The van der Waals surface area contributed by atoms with Gasteiger partial charge >= 0.3 is 5.69 Å². The maximum Gasteiger partial charge on any atom is 0.345 e. The number of H-pyrrole nitrogens is 2. The average molecular weight is 313 g/mol. The number of carbonyl (C=O) groups excluding carboxylic acids is 1. The lowest BCUT2D eigenvalue weighted by Crippen LogP contribution is -2.40. The molecule has 1 amide bonds. The lowest BCUT2D eigenvalue weighted by molar-refractivity contribution is 0.0698. The van der Waals surface area contributed by atoms with Crippen molar-refractivity contribution in [2.24, 2.45) is 0 Å². The van der Waals surface area contributed by atoms with E-state index in [4.69, 9.17) is 0 Å². The molecular formula is C16H19N5O2. The molecule has 3 heterocycles. The molecule has 2 aliphatic rings. The average Bonchev–Trinajstić information content (AvgIpc) is 3.18. The highest BCUT2D eigenvalue weighted by atomic mass is 16.2. The molecule has 7 nitrogen and oxygen atoms in total. The quantitative estimate of drug-likeness (QED) is 0.865. The summed E-state index contributed by atoms with van der Waals surface area (Å²) in [5, 5.41) is 7.24. The van der Waals surface area contributed by atoms with Crippen LogP contribution in [0.5, 0.6) is 0 Å². The Morgan fingerprint density at radius 1 is 1.30 bits per heavy atom. The zero-order chi connectivity index (χ0) is 15.8. The van der Waals surface area contributed by atoms with E-state index in [-0.39, 0.29) is 17.5 Å². The van der Waals surface area contributed by atoms with Gasteiger partial charge in [0.15, 0.2) is 5.69 Å². The summed E-state index contributed by atoms with van der Waals surface area (Å²) in [6.45, 7) is 1.35. The number of likely N-dealkylation sites (tertiary alicyclic amines) is 1. The standard InChI is InChI=1S/C16H19N5O2/c22-15(14-11-4-1-5-13(11)19-20-14)21-8-2-3-10(9-21)12-6-7-17-16(23)18-12/h6-7,10H,1-5,8-9H2,(H,19,20)(H,17,18,23)/t10-/m0/s1. The lowest BCUT2D eigenvalue weighted by atomic mass is 9.94. The van der Waals surface area contributed by atoms with Crippen molar-refractivity contribution in [3.63, 3.8) is 0 Å². The van der Waals surface area contributed by atoms with E-state index in [1.54, 1.807) is 0 Å². The number of hydrogen-bond donors (Lipinski definition) is 2. The van der Waals surface area contributed by atoms with Crippen LogP contribution in [0.15, 0.2) is 17.1 Å². The van der Waals surface area contributed by atoms with Gasteiger partial charge in [0.05, 0.1) is 0 Å². The summed E-state index contributed by atoms with van der Waals surface area (Å²) in [5.41, 5.74) is 3.31. The molecular weight excluding hydrogens is 294 g/mol. The Morgan fingerprint density at radius 2 is 2.22 bits per heavy atom. The van der Waals surface area contributed by atoms with Crippen LogP contribution in [0.1, 0.15) is 52.6 Å². The first-order valence-electron chi connectivity index (χ1n) is 8.13. The number of aryl methyl sites for hydroxylation is 1. The van der Waals surface area contributed by atoms with Gasteiger partial charge in [0.1, 0.15) is 0 Å². The van der Waals surface area contributed by atoms with E-state index in [2.05, 4.69) is 20.2 Å². The Labute approximate surface area is 133 Å². The van der Waals surface area contributed by atoms with Crippen LogP contribution >= 0.6 is 0 Å². The highest BCUT2D eigenvalue weighted by Crippen LogP contribution is 2.28. The number of fused-ring (bicyclic) bond motifs is 1. The maximum absolute atomic E-state index is 12.8. The molecule has 0 bridgehead atoms. The highest BCUT2D eigenvalue weighted by Gasteiger charge is 2.30. The van der Waals surface area contributed by atoms with Gasteiger partial charge in [0.25, 0.3) is 5.91 Å². The first-order valence-corrected chi connectivity index (χ1v) is 8.13. The van der Waals surface area contributed by atoms with Crippen molar-refractivity contribution < 1.29 is 4.79 Å². The fraction of sp³-hybridized carbons (Fsp3) is 0.500.